The minimum Gasteiger partial charge on any atom is -0.480 e. The first-order valence-corrected chi connectivity index (χ1v) is 10.7. The van der Waals surface area contributed by atoms with Crippen LogP contribution in [0.3, 0.4) is 0 Å². The highest BCUT2D eigenvalue weighted by atomic mass is 32.2. The van der Waals surface area contributed by atoms with Crippen LogP contribution in [0.4, 0.5) is 0 Å². The van der Waals surface area contributed by atoms with E-state index in [4.69, 9.17) is 5.11 Å². The molecule has 0 radical (unpaired) electrons. The summed E-state index contributed by atoms with van der Waals surface area (Å²) < 4.78 is 27.1. The molecular weight excluding hydrogens is 368 g/mol. The van der Waals surface area contributed by atoms with Gasteiger partial charge < -0.3 is 10.0 Å². The molecule has 2 rings (SSSR count). The summed E-state index contributed by atoms with van der Waals surface area (Å²) >= 11 is 0. The summed E-state index contributed by atoms with van der Waals surface area (Å²) in [5.74, 6) is -1.05. The lowest BCUT2D eigenvalue weighted by Crippen LogP contribution is -2.39. The molecule has 0 bridgehead atoms. The zero-order chi connectivity index (χ0) is 20.2. The van der Waals surface area contributed by atoms with Gasteiger partial charge in [-0.05, 0) is 48.9 Å². The van der Waals surface area contributed by atoms with Gasteiger partial charge in [-0.1, -0.05) is 20.8 Å². The van der Waals surface area contributed by atoms with Gasteiger partial charge in [-0.2, -0.15) is 4.31 Å². The van der Waals surface area contributed by atoms with Crippen molar-refractivity contribution >= 4 is 21.9 Å². The molecule has 27 heavy (non-hydrogen) atoms. The molecule has 1 amide bonds. The molecule has 1 aromatic carbocycles. The first-order valence-electron chi connectivity index (χ1n) is 9.22. The van der Waals surface area contributed by atoms with E-state index in [1.54, 1.807) is 0 Å². The lowest BCUT2D eigenvalue weighted by atomic mass is 10.0. The second-order valence-electron chi connectivity index (χ2n) is 7.61. The van der Waals surface area contributed by atoms with Crippen molar-refractivity contribution in [1.82, 2.24) is 9.21 Å². The van der Waals surface area contributed by atoms with Gasteiger partial charge in [0.2, 0.25) is 10.0 Å². The lowest BCUT2D eigenvalue weighted by molar-refractivity contribution is -0.137. The fourth-order valence-corrected chi connectivity index (χ4v) is 4.89. The van der Waals surface area contributed by atoms with Crippen LogP contribution < -0.4 is 0 Å². The molecule has 1 saturated heterocycles. The molecule has 1 unspecified atom stereocenters. The predicted octanol–water partition coefficient (Wildman–Crippen LogP) is 2.29. The zero-order valence-corrected chi connectivity index (χ0v) is 16.9. The van der Waals surface area contributed by atoms with Gasteiger partial charge in [0, 0.05) is 25.2 Å². The van der Waals surface area contributed by atoms with Crippen molar-refractivity contribution in [2.24, 2.45) is 11.8 Å². The van der Waals surface area contributed by atoms with E-state index in [2.05, 4.69) is 0 Å². The van der Waals surface area contributed by atoms with Crippen LogP contribution in [0, 0.1) is 11.8 Å². The monoisotopic (exact) mass is 396 g/mol. The van der Waals surface area contributed by atoms with Crippen molar-refractivity contribution in [1.29, 1.82) is 0 Å². The summed E-state index contributed by atoms with van der Waals surface area (Å²) in [6, 6.07) is 5.77. The van der Waals surface area contributed by atoms with Crippen molar-refractivity contribution in [2.45, 2.75) is 38.5 Å². The van der Waals surface area contributed by atoms with Gasteiger partial charge in [0.25, 0.3) is 5.91 Å². The van der Waals surface area contributed by atoms with E-state index in [0.717, 1.165) is 12.8 Å². The fourth-order valence-electron chi connectivity index (χ4n) is 3.29. The van der Waals surface area contributed by atoms with Crippen molar-refractivity contribution in [2.75, 3.05) is 26.2 Å². The Hall–Kier alpha value is -1.93. The van der Waals surface area contributed by atoms with E-state index < -0.39 is 21.9 Å². The van der Waals surface area contributed by atoms with Gasteiger partial charge in [-0.15, -0.1) is 0 Å². The third-order valence-electron chi connectivity index (χ3n) is 4.56. The third kappa shape index (κ3) is 5.52. The van der Waals surface area contributed by atoms with E-state index in [1.807, 2.05) is 20.8 Å². The maximum atomic E-state index is 12.8. The molecule has 8 heteroatoms. The van der Waals surface area contributed by atoms with E-state index in [1.165, 1.54) is 33.5 Å². The van der Waals surface area contributed by atoms with Crippen LogP contribution in [-0.2, 0) is 14.8 Å². The number of nitrogens with zero attached hydrogens (tertiary/aromatic N) is 2. The zero-order valence-electron chi connectivity index (χ0n) is 16.1. The smallest absolute Gasteiger partial charge is 0.323 e. The number of hydrogen-bond acceptors (Lipinski definition) is 4. The van der Waals surface area contributed by atoms with Crippen LogP contribution in [0.25, 0.3) is 0 Å². The van der Waals surface area contributed by atoms with E-state index in [9.17, 15) is 18.0 Å². The number of carbonyl (C=O) groups is 2. The van der Waals surface area contributed by atoms with Crippen LogP contribution in [0.2, 0.25) is 0 Å². The predicted molar refractivity (Wildman–Crippen MR) is 102 cm³/mol. The summed E-state index contributed by atoms with van der Waals surface area (Å²) in [6.07, 6.45) is 1.87. The number of rotatable bonds is 7. The summed E-state index contributed by atoms with van der Waals surface area (Å²) in [4.78, 5) is 25.1. The van der Waals surface area contributed by atoms with Gasteiger partial charge in [0.05, 0.1) is 4.90 Å². The molecule has 0 spiro atoms. The normalized spacial score (nSPS) is 18.4. The topological polar surface area (TPSA) is 95.0 Å². The highest BCUT2D eigenvalue weighted by molar-refractivity contribution is 7.89. The second-order valence-corrected chi connectivity index (χ2v) is 9.55. The Bertz CT molecular complexity index is 774. The molecule has 1 aromatic rings. The highest BCUT2D eigenvalue weighted by Crippen LogP contribution is 2.24. The number of piperidine rings is 1. The van der Waals surface area contributed by atoms with Crippen molar-refractivity contribution < 1.29 is 23.1 Å². The van der Waals surface area contributed by atoms with E-state index >= 15 is 0 Å². The van der Waals surface area contributed by atoms with Crippen molar-refractivity contribution in [3.63, 3.8) is 0 Å². The molecule has 1 fully saturated rings. The number of amides is 1. The molecule has 0 aromatic heterocycles. The third-order valence-corrected chi connectivity index (χ3v) is 6.44. The van der Waals surface area contributed by atoms with Gasteiger partial charge in [0.1, 0.15) is 6.54 Å². The maximum absolute atomic E-state index is 12.8. The molecule has 1 N–H and O–H groups in total. The Balaban J connectivity index is 2.19. The maximum Gasteiger partial charge on any atom is 0.323 e. The minimum atomic E-state index is -3.58. The number of benzene rings is 1. The van der Waals surface area contributed by atoms with E-state index in [0.29, 0.717) is 25.6 Å². The summed E-state index contributed by atoms with van der Waals surface area (Å²) in [6.45, 7) is 6.78. The number of carboxylic acid groups (broad SMARTS) is 1. The van der Waals surface area contributed by atoms with Gasteiger partial charge in [-0.3, -0.25) is 9.59 Å². The molecule has 1 aliphatic heterocycles. The molecular formula is C19H28N2O5S. The molecule has 1 atom stereocenters. The van der Waals surface area contributed by atoms with Gasteiger partial charge >= 0.3 is 5.97 Å². The van der Waals surface area contributed by atoms with Crippen LogP contribution in [0.15, 0.2) is 29.2 Å². The SMILES string of the molecule is CC(C)CN(CC(=O)O)C(=O)c1ccc(S(=O)(=O)N2CCCC(C)C2)cc1. The Labute approximate surface area is 161 Å². The number of aliphatic carboxylic acids is 1. The first-order chi connectivity index (χ1) is 12.6. The summed E-state index contributed by atoms with van der Waals surface area (Å²) in [5, 5.41) is 9.03. The molecule has 0 saturated carbocycles. The average molecular weight is 397 g/mol. The minimum absolute atomic E-state index is 0.119. The largest absolute Gasteiger partial charge is 0.480 e. The van der Waals surface area contributed by atoms with Crippen LogP contribution >= 0.6 is 0 Å². The Kier molecular flexibility index (Phi) is 7.00. The second kappa shape index (κ2) is 8.84. The van der Waals surface area contributed by atoms with Crippen molar-refractivity contribution in [3.8, 4) is 0 Å². The summed E-state index contributed by atoms with van der Waals surface area (Å²) in [7, 11) is -3.58. The quantitative estimate of drug-likeness (QED) is 0.763. The number of hydrogen-bond donors (Lipinski definition) is 1. The van der Waals surface area contributed by atoms with Gasteiger partial charge in [-0.25, -0.2) is 8.42 Å². The Morgan fingerprint density at radius 3 is 2.41 bits per heavy atom. The van der Waals surface area contributed by atoms with Crippen LogP contribution in [0.5, 0.6) is 0 Å². The summed E-state index contributed by atoms with van der Waals surface area (Å²) in [5.41, 5.74) is 0.280. The first kappa shape index (κ1) is 21.4. The van der Waals surface area contributed by atoms with Crippen LogP contribution in [0.1, 0.15) is 44.0 Å². The molecule has 150 valence electrons. The molecule has 1 heterocycles. The standard InChI is InChI=1S/C19H28N2O5S/c1-14(2)11-20(13-18(22)23)19(24)16-6-8-17(9-7-16)27(25,26)21-10-4-5-15(3)12-21/h6-9,14-15H,4-5,10-13H2,1-3H3,(H,22,23). The number of carbonyl (C=O) groups excluding carboxylic acids is 1. The lowest BCUT2D eigenvalue weighted by Gasteiger charge is -2.30. The van der Waals surface area contributed by atoms with Crippen molar-refractivity contribution in [3.05, 3.63) is 29.8 Å². The number of sulfonamides is 1. The highest BCUT2D eigenvalue weighted by Gasteiger charge is 2.29. The van der Waals surface area contributed by atoms with Gasteiger partial charge in [0.15, 0.2) is 0 Å². The molecule has 7 nitrogen and oxygen atoms in total. The van der Waals surface area contributed by atoms with E-state index in [-0.39, 0.29) is 22.9 Å². The fraction of sp³-hybridized carbons (Fsp3) is 0.579. The number of carboxylic acids is 1. The molecule has 1 aliphatic rings. The van der Waals surface area contributed by atoms with Crippen LogP contribution in [-0.4, -0.2) is 60.8 Å². The average Bonchev–Trinajstić information content (AvgIpc) is 2.60. The Morgan fingerprint density at radius 1 is 1.26 bits per heavy atom. The molecule has 0 aliphatic carbocycles. The Morgan fingerprint density at radius 2 is 1.89 bits per heavy atom.